The minimum atomic E-state index is -0.777. The predicted molar refractivity (Wildman–Crippen MR) is 56.2 cm³/mol. The summed E-state index contributed by atoms with van der Waals surface area (Å²) >= 11 is 5.77. The lowest BCUT2D eigenvalue weighted by Crippen LogP contribution is -2.05. The number of rotatable bonds is 2. The topological polar surface area (TPSA) is 53.2 Å². The normalized spacial score (nSPS) is 16.6. The quantitative estimate of drug-likeness (QED) is 0.866. The lowest BCUT2D eigenvalue weighted by Gasteiger charge is -2.13. The predicted octanol–water partition coefficient (Wildman–Crippen LogP) is 2.75. The highest BCUT2D eigenvalue weighted by Gasteiger charge is 2.47. The van der Waals surface area contributed by atoms with Crippen LogP contribution in [-0.2, 0) is 5.41 Å². The summed E-state index contributed by atoms with van der Waals surface area (Å²) in [5.41, 5.74) is -0.529. The highest BCUT2D eigenvalue weighted by atomic mass is 35.5. The second-order valence-electron chi connectivity index (χ2n) is 3.80. The van der Waals surface area contributed by atoms with Crippen LogP contribution in [0.2, 0.25) is 5.02 Å². The Morgan fingerprint density at radius 2 is 2.25 bits per heavy atom. The first kappa shape index (κ1) is 11.0. The Kier molecular flexibility index (Phi) is 2.43. The van der Waals surface area contributed by atoms with Gasteiger partial charge in [0.2, 0.25) is 0 Å². The minimum Gasteiger partial charge on any atom is -0.506 e. The third-order valence-corrected chi connectivity index (χ3v) is 3.18. The van der Waals surface area contributed by atoms with Gasteiger partial charge in [-0.3, -0.25) is 0 Å². The molecule has 3 nitrogen and oxygen atoms in total. The molecule has 1 saturated carbocycles. The van der Waals surface area contributed by atoms with Crippen LogP contribution in [0.3, 0.4) is 0 Å². The molecule has 0 bridgehead atoms. The number of nitrogens with zero attached hydrogens (tertiary/aromatic N) is 1. The van der Waals surface area contributed by atoms with Crippen LogP contribution < -0.4 is 4.74 Å². The molecule has 0 heterocycles. The van der Waals surface area contributed by atoms with Gasteiger partial charge >= 0.3 is 0 Å². The van der Waals surface area contributed by atoms with Gasteiger partial charge in [0.25, 0.3) is 0 Å². The monoisotopic (exact) mass is 241 g/mol. The van der Waals surface area contributed by atoms with Crippen molar-refractivity contribution >= 4 is 11.6 Å². The van der Waals surface area contributed by atoms with Gasteiger partial charge in [0.05, 0.1) is 18.6 Å². The Bertz CT molecular complexity index is 492. The van der Waals surface area contributed by atoms with Gasteiger partial charge < -0.3 is 9.84 Å². The fraction of sp³-hybridized carbons (Fsp3) is 0.364. The van der Waals surface area contributed by atoms with Crippen molar-refractivity contribution in [2.24, 2.45) is 0 Å². The van der Waals surface area contributed by atoms with E-state index in [0.29, 0.717) is 12.8 Å². The summed E-state index contributed by atoms with van der Waals surface area (Å²) < 4.78 is 18.3. The van der Waals surface area contributed by atoms with Crippen LogP contribution in [0.25, 0.3) is 0 Å². The van der Waals surface area contributed by atoms with Crippen molar-refractivity contribution in [3.8, 4) is 17.6 Å². The highest BCUT2D eigenvalue weighted by molar-refractivity contribution is 6.33. The van der Waals surface area contributed by atoms with Crippen LogP contribution in [0, 0.1) is 17.1 Å². The second kappa shape index (κ2) is 3.53. The molecular formula is C11H9ClFNO2. The molecule has 0 unspecified atom stereocenters. The fourth-order valence-electron chi connectivity index (χ4n) is 1.71. The molecule has 1 aliphatic rings. The number of methoxy groups -OCH3 is 1. The second-order valence-corrected chi connectivity index (χ2v) is 4.17. The molecule has 0 radical (unpaired) electrons. The van der Waals surface area contributed by atoms with Crippen molar-refractivity contribution in [3.05, 3.63) is 22.5 Å². The molecule has 1 fully saturated rings. The Hall–Kier alpha value is -1.47. The number of aromatic hydroxyl groups is 1. The number of halogens is 2. The number of nitriles is 1. The maximum atomic E-state index is 13.6. The van der Waals surface area contributed by atoms with Crippen molar-refractivity contribution in [3.63, 3.8) is 0 Å². The Morgan fingerprint density at radius 1 is 1.62 bits per heavy atom. The molecule has 16 heavy (non-hydrogen) atoms. The number of hydrogen-bond acceptors (Lipinski definition) is 3. The lowest BCUT2D eigenvalue weighted by atomic mass is 9.96. The molecule has 5 heteroatoms. The van der Waals surface area contributed by atoms with Crippen LogP contribution in [0.15, 0.2) is 6.07 Å². The fourth-order valence-corrected chi connectivity index (χ4v) is 1.98. The Labute approximate surface area is 97.0 Å². The maximum Gasteiger partial charge on any atom is 0.176 e. The molecular weight excluding hydrogens is 233 g/mol. The van der Waals surface area contributed by atoms with Gasteiger partial charge in [0.1, 0.15) is 10.8 Å². The van der Waals surface area contributed by atoms with Gasteiger partial charge in [0.15, 0.2) is 11.6 Å². The van der Waals surface area contributed by atoms with E-state index in [-0.39, 0.29) is 22.1 Å². The first-order valence-corrected chi connectivity index (χ1v) is 5.10. The molecule has 2 rings (SSSR count). The number of phenolic OH excluding ortho intramolecular Hbond substituents is 1. The van der Waals surface area contributed by atoms with Crippen LogP contribution >= 0.6 is 11.6 Å². The molecule has 0 amide bonds. The summed E-state index contributed by atoms with van der Waals surface area (Å²) in [4.78, 5) is 0. The average Bonchev–Trinajstić information content (AvgIpc) is 3.05. The summed E-state index contributed by atoms with van der Waals surface area (Å²) in [7, 11) is 1.26. The lowest BCUT2D eigenvalue weighted by molar-refractivity contribution is 0.379. The molecule has 1 aliphatic carbocycles. The van der Waals surface area contributed by atoms with E-state index >= 15 is 0 Å². The largest absolute Gasteiger partial charge is 0.506 e. The zero-order chi connectivity index (χ0) is 11.9. The summed E-state index contributed by atoms with van der Waals surface area (Å²) in [6.45, 7) is 0. The smallest absolute Gasteiger partial charge is 0.176 e. The van der Waals surface area contributed by atoms with E-state index in [9.17, 15) is 9.50 Å². The number of phenols is 1. The van der Waals surface area contributed by atoms with E-state index in [0.717, 1.165) is 6.07 Å². The van der Waals surface area contributed by atoms with E-state index < -0.39 is 11.2 Å². The zero-order valence-electron chi connectivity index (χ0n) is 8.55. The molecule has 0 aromatic heterocycles. The van der Waals surface area contributed by atoms with E-state index in [1.807, 2.05) is 0 Å². The van der Waals surface area contributed by atoms with Crippen molar-refractivity contribution in [2.75, 3.05) is 7.11 Å². The third-order valence-electron chi connectivity index (χ3n) is 2.83. The number of hydrogen-bond donors (Lipinski definition) is 1. The van der Waals surface area contributed by atoms with Gasteiger partial charge in [-0.2, -0.15) is 5.26 Å². The van der Waals surface area contributed by atoms with Gasteiger partial charge in [-0.1, -0.05) is 11.6 Å². The SMILES string of the molecule is COc1c(F)cc(C2(C#N)CC2)c(O)c1Cl. The molecule has 0 aliphatic heterocycles. The van der Waals surface area contributed by atoms with Crippen molar-refractivity contribution in [2.45, 2.75) is 18.3 Å². The summed E-state index contributed by atoms with van der Waals surface area (Å²) in [5, 5.41) is 18.6. The van der Waals surface area contributed by atoms with Gasteiger partial charge in [-0.25, -0.2) is 4.39 Å². The van der Waals surface area contributed by atoms with E-state index in [4.69, 9.17) is 21.6 Å². The molecule has 0 atom stereocenters. The summed E-state index contributed by atoms with van der Waals surface area (Å²) in [6.07, 6.45) is 1.22. The molecule has 1 aromatic carbocycles. The van der Waals surface area contributed by atoms with E-state index in [1.165, 1.54) is 7.11 Å². The average molecular weight is 242 g/mol. The highest BCUT2D eigenvalue weighted by Crippen LogP contribution is 2.53. The van der Waals surface area contributed by atoms with E-state index in [1.54, 1.807) is 0 Å². The summed E-state index contributed by atoms with van der Waals surface area (Å²) in [5.74, 6) is -1.13. The number of ether oxygens (including phenoxy) is 1. The minimum absolute atomic E-state index is 0.181. The van der Waals surface area contributed by atoms with Crippen LogP contribution in [0.4, 0.5) is 4.39 Å². The Morgan fingerprint density at radius 3 is 2.69 bits per heavy atom. The first-order valence-electron chi connectivity index (χ1n) is 4.72. The van der Waals surface area contributed by atoms with Crippen LogP contribution in [0.1, 0.15) is 18.4 Å². The zero-order valence-corrected chi connectivity index (χ0v) is 9.31. The van der Waals surface area contributed by atoms with Gasteiger partial charge in [-0.05, 0) is 18.9 Å². The standard InChI is InChI=1S/C11H9ClFNO2/c1-16-10-7(13)4-6(9(15)8(10)12)11(5-14)2-3-11/h4,15H,2-3H2,1H3. The molecule has 84 valence electrons. The Balaban J connectivity index is 2.62. The summed E-state index contributed by atoms with van der Waals surface area (Å²) in [6, 6.07) is 3.20. The molecule has 0 spiro atoms. The number of benzene rings is 1. The molecule has 1 aromatic rings. The third kappa shape index (κ3) is 1.40. The molecule has 0 saturated heterocycles. The maximum absolute atomic E-state index is 13.6. The van der Waals surface area contributed by atoms with E-state index in [2.05, 4.69) is 6.07 Å². The van der Waals surface area contributed by atoms with Crippen LogP contribution in [-0.4, -0.2) is 12.2 Å². The van der Waals surface area contributed by atoms with Gasteiger partial charge in [-0.15, -0.1) is 0 Å². The van der Waals surface area contributed by atoms with Crippen LogP contribution in [0.5, 0.6) is 11.5 Å². The van der Waals surface area contributed by atoms with Crippen molar-refractivity contribution in [1.29, 1.82) is 5.26 Å². The first-order chi connectivity index (χ1) is 7.55. The van der Waals surface area contributed by atoms with Gasteiger partial charge in [0, 0.05) is 5.56 Å². The molecule has 1 N–H and O–H groups in total. The van der Waals surface area contributed by atoms with Crippen molar-refractivity contribution in [1.82, 2.24) is 0 Å². The van der Waals surface area contributed by atoms with Crippen molar-refractivity contribution < 1.29 is 14.2 Å².